The van der Waals surface area contributed by atoms with E-state index in [0.717, 1.165) is 22.1 Å². The SMILES string of the molecule is COC(=O)c1sc2ncn3nc(-c4cccc(Cn5nc(C)c([N+](=O)[O-])c5C)c4)nc3c2c1C. The van der Waals surface area contributed by atoms with Gasteiger partial charge in [0, 0.05) is 5.56 Å². The van der Waals surface area contributed by atoms with Crippen LogP contribution in [0.25, 0.3) is 27.3 Å². The summed E-state index contributed by atoms with van der Waals surface area (Å²) in [5, 5.41) is 21.0. The summed E-state index contributed by atoms with van der Waals surface area (Å²) in [6.45, 7) is 5.54. The van der Waals surface area contributed by atoms with E-state index in [2.05, 4.69) is 15.2 Å². The van der Waals surface area contributed by atoms with Crippen LogP contribution in [0, 0.1) is 30.9 Å². The fourth-order valence-electron chi connectivity index (χ4n) is 4.03. The van der Waals surface area contributed by atoms with Gasteiger partial charge in [0.1, 0.15) is 27.4 Å². The van der Waals surface area contributed by atoms with Crippen LogP contribution in [0.1, 0.15) is 32.2 Å². The van der Waals surface area contributed by atoms with Gasteiger partial charge in [0.25, 0.3) is 0 Å². The third-order valence-electron chi connectivity index (χ3n) is 5.68. The molecule has 0 radical (unpaired) electrons. The highest BCUT2D eigenvalue weighted by Crippen LogP contribution is 2.33. The van der Waals surface area contributed by atoms with E-state index in [-0.39, 0.29) is 5.69 Å². The fourth-order valence-corrected chi connectivity index (χ4v) is 5.09. The minimum Gasteiger partial charge on any atom is -0.465 e. The lowest BCUT2D eigenvalue weighted by atomic mass is 10.1. The summed E-state index contributed by atoms with van der Waals surface area (Å²) in [5.74, 6) is 0.0937. The summed E-state index contributed by atoms with van der Waals surface area (Å²) in [4.78, 5) is 33.3. The van der Waals surface area contributed by atoms with Gasteiger partial charge >= 0.3 is 11.7 Å². The topological polar surface area (TPSA) is 130 Å². The molecule has 0 aliphatic heterocycles. The van der Waals surface area contributed by atoms with Crippen molar-refractivity contribution in [2.24, 2.45) is 0 Å². The molecule has 0 atom stereocenters. The summed E-state index contributed by atoms with van der Waals surface area (Å²) >= 11 is 1.26. The Morgan fingerprint density at radius 2 is 2.03 bits per heavy atom. The number of nitrogens with zero attached hydrogens (tertiary/aromatic N) is 7. The molecule has 0 amide bonds. The predicted octanol–water partition coefficient (Wildman–Crippen LogP) is 3.87. The quantitative estimate of drug-likeness (QED) is 0.212. The maximum absolute atomic E-state index is 12.1. The van der Waals surface area contributed by atoms with Gasteiger partial charge in [0.15, 0.2) is 11.5 Å². The van der Waals surface area contributed by atoms with Crippen molar-refractivity contribution in [2.75, 3.05) is 7.11 Å². The van der Waals surface area contributed by atoms with Crippen molar-refractivity contribution in [3.05, 3.63) is 68.1 Å². The zero-order valence-electron chi connectivity index (χ0n) is 18.8. The Balaban J connectivity index is 1.55. The molecule has 172 valence electrons. The number of benzene rings is 1. The number of aromatic nitrogens is 6. The van der Waals surface area contributed by atoms with Gasteiger partial charge < -0.3 is 4.74 Å². The number of ether oxygens (including phenoxy) is 1. The molecule has 11 nitrogen and oxygen atoms in total. The number of nitro groups is 1. The van der Waals surface area contributed by atoms with Gasteiger partial charge in [-0.25, -0.2) is 19.3 Å². The normalized spacial score (nSPS) is 11.4. The maximum Gasteiger partial charge on any atom is 0.348 e. The Bertz CT molecular complexity index is 1610. The highest BCUT2D eigenvalue weighted by Gasteiger charge is 2.23. The fraction of sp³-hybridized carbons (Fsp3) is 0.227. The molecule has 4 aromatic heterocycles. The number of aryl methyl sites for hydroxylation is 2. The third-order valence-corrected chi connectivity index (χ3v) is 6.86. The first-order valence-corrected chi connectivity index (χ1v) is 11.1. The van der Waals surface area contributed by atoms with E-state index in [1.165, 1.54) is 18.4 Å². The van der Waals surface area contributed by atoms with Crippen LogP contribution in [-0.4, -0.2) is 47.4 Å². The minimum atomic E-state index is -0.407. The Hall–Kier alpha value is -4.19. The Morgan fingerprint density at radius 3 is 2.74 bits per heavy atom. The molecular weight excluding hydrogens is 458 g/mol. The van der Waals surface area contributed by atoms with Crippen LogP contribution >= 0.6 is 11.3 Å². The molecule has 5 aromatic rings. The number of carbonyl (C=O) groups excluding carboxylic acids is 1. The van der Waals surface area contributed by atoms with Crippen molar-refractivity contribution in [1.82, 2.24) is 29.4 Å². The second kappa shape index (κ2) is 7.99. The second-order valence-corrected chi connectivity index (χ2v) is 8.81. The number of thiophene rings is 1. The molecule has 0 unspecified atom stereocenters. The third kappa shape index (κ3) is 3.39. The standard InChI is InChI=1S/C22H19N7O4S/c1-11-16-20-24-19(26-28(20)10-23-21(16)34-18(11)22(30)33-4)15-7-5-6-14(8-15)9-27-13(3)17(29(31)32)12(2)25-27/h5-8,10H,9H2,1-4H3. The highest BCUT2D eigenvalue weighted by atomic mass is 32.1. The molecule has 0 aliphatic rings. The van der Waals surface area contributed by atoms with E-state index in [4.69, 9.17) is 9.72 Å². The molecule has 0 bridgehead atoms. The van der Waals surface area contributed by atoms with Gasteiger partial charge in [-0.2, -0.15) is 5.10 Å². The van der Waals surface area contributed by atoms with E-state index in [9.17, 15) is 14.9 Å². The van der Waals surface area contributed by atoms with Crippen molar-refractivity contribution < 1.29 is 14.5 Å². The summed E-state index contributed by atoms with van der Waals surface area (Å²) in [6.07, 6.45) is 1.57. The molecule has 0 fully saturated rings. The van der Waals surface area contributed by atoms with E-state index in [1.54, 1.807) is 29.4 Å². The van der Waals surface area contributed by atoms with Crippen LogP contribution in [0.2, 0.25) is 0 Å². The Labute approximate surface area is 196 Å². The Kier molecular flexibility index (Phi) is 5.09. The number of carbonyl (C=O) groups is 1. The van der Waals surface area contributed by atoms with Crippen LogP contribution in [0.3, 0.4) is 0 Å². The average molecular weight is 478 g/mol. The maximum atomic E-state index is 12.1. The van der Waals surface area contributed by atoms with Crippen molar-refractivity contribution >= 4 is 38.9 Å². The van der Waals surface area contributed by atoms with Gasteiger partial charge in [-0.3, -0.25) is 14.8 Å². The smallest absolute Gasteiger partial charge is 0.348 e. The summed E-state index contributed by atoms with van der Waals surface area (Å²) in [5.41, 5.74) is 3.96. The van der Waals surface area contributed by atoms with Gasteiger partial charge in [-0.1, -0.05) is 18.2 Å². The van der Waals surface area contributed by atoms with Crippen molar-refractivity contribution in [2.45, 2.75) is 27.3 Å². The molecule has 1 aromatic carbocycles. The molecule has 5 rings (SSSR count). The number of fused-ring (bicyclic) bond motifs is 3. The molecule has 12 heteroatoms. The van der Waals surface area contributed by atoms with E-state index >= 15 is 0 Å². The van der Waals surface area contributed by atoms with Crippen LogP contribution in [0.5, 0.6) is 0 Å². The molecule has 0 N–H and O–H groups in total. The first-order chi connectivity index (χ1) is 16.3. The van der Waals surface area contributed by atoms with Gasteiger partial charge in [-0.15, -0.1) is 16.4 Å². The second-order valence-electron chi connectivity index (χ2n) is 7.81. The molecule has 0 saturated heterocycles. The van der Waals surface area contributed by atoms with Gasteiger partial charge in [-0.05, 0) is 38.0 Å². The predicted molar refractivity (Wildman–Crippen MR) is 125 cm³/mol. The van der Waals surface area contributed by atoms with E-state index in [1.807, 2.05) is 31.2 Å². The number of hydrogen-bond acceptors (Lipinski definition) is 9. The van der Waals surface area contributed by atoms with E-state index in [0.29, 0.717) is 39.1 Å². The first kappa shape index (κ1) is 21.6. The lowest BCUT2D eigenvalue weighted by Gasteiger charge is -2.05. The first-order valence-electron chi connectivity index (χ1n) is 10.3. The number of methoxy groups -OCH3 is 1. The lowest BCUT2D eigenvalue weighted by molar-refractivity contribution is -0.386. The summed E-state index contributed by atoms with van der Waals surface area (Å²) in [6, 6.07) is 7.64. The monoisotopic (exact) mass is 477 g/mol. The molecule has 4 heterocycles. The van der Waals surface area contributed by atoms with Crippen LogP contribution < -0.4 is 0 Å². The van der Waals surface area contributed by atoms with Crippen molar-refractivity contribution in [1.29, 1.82) is 0 Å². The molecule has 0 spiro atoms. The molecular formula is C22H19N7O4S. The summed E-state index contributed by atoms with van der Waals surface area (Å²) in [7, 11) is 1.35. The number of hydrogen-bond donors (Lipinski definition) is 0. The van der Waals surface area contributed by atoms with Crippen LogP contribution in [0.4, 0.5) is 5.69 Å². The Morgan fingerprint density at radius 1 is 1.24 bits per heavy atom. The molecule has 0 saturated carbocycles. The van der Waals surface area contributed by atoms with Crippen molar-refractivity contribution in [3.63, 3.8) is 0 Å². The highest BCUT2D eigenvalue weighted by molar-refractivity contribution is 7.20. The van der Waals surface area contributed by atoms with Crippen LogP contribution in [0.15, 0.2) is 30.6 Å². The van der Waals surface area contributed by atoms with Crippen molar-refractivity contribution in [3.8, 4) is 11.4 Å². The minimum absolute atomic E-state index is 0.0344. The number of rotatable bonds is 5. The number of esters is 1. The largest absolute Gasteiger partial charge is 0.465 e. The van der Waals surface area contributed by atoms with Crippen LogP contribution in [-0.2, 0) is 11.3 Å². The zero-order chi connectivity index (χ0) is 24.1. The molecule has 0 aliphatic carbocycles. The summed E-state index contributed by atoms with van der Waals surface area (Å²) < 4.78 is 8.10. The van der Waals surface area contributed by atoms with Gasteiger partial charge in [0.2, 0.25) is 0 Å². The van der Waals surface area contributed by atoms with Gasteiger partial charge in [0.05, 0.1) is 24.0 Å². The van der Waals surface area contributed by atoms with E-state index < -0.39 is 10.9 Å². The average Bonchev–Trinajstić information content (AvgIpc) is 3.46. The molecule has 34 heavy (non-hydrogen) atoms. The lowest BCUT2D eigenvalue weighted by Crippen LogP contribution is -2.04. The zero-order valence-corrected chi connectivity index (χ0v) is 19.6.